The van der Waals surface area contributed by atoms with Crippen molar-refractivity contribution < 1.29 is 4.79 Å². The quantitative estimate of drug-likeness (QED) is 0.871. The van der Waals surface area contributed by atoms with Gasteiger partial charge in [0.15, 0.2) is 0 Å². The number of carbonyl (C=O) groups excluding carboxylic acids is 1. The molecule has 3 rings (SSSR count). The molecule has 1 fully saturated rings. The Kier molecular flexibility index (Phi) is 3.96. The smallest absolute Gasteiger partial charge is 0.253 e. The van der Waals surface area contributed by atoms with Crippen molar-refractivity contribution in [2.75, 3.05) is 27.2 Å². The third-order valence-electron chi connectivity index (χ3n) is 4.70. The number of likely N-dealkylation sites (N-methyl/N-ethyl adjacent to an activating group) is 1. The van der Waals surface area contributed by atoms with Gasteiger partial charge in [0.05, 0.1) is 0 Å². The van der Waals surface area contributed by atoms with Gasteiger partial charge in [-0.3, -0.25) is 4.79 Å². The molecule has 4 heteroatoms. The summed E-state index contributed by atoms with van der Waals surface area (Å²) < 4.78 is 2.24. The second kappa shape index (κ2) is 5.76. The van der Waals surface area contributed by atoms with Crippen LogP contribution in [0.15, 0.2) is 30.5 Å². The van der Waals surface area contributed by atoms with Crippen LogP contribution in [0.5, 0.6) is 0 Å². The van der Waals surface area contributed by atoms with Crippen LogP contribution in [-0.4, -0.2) is 53.5 Å². The van der Waals surface area contributed by atoms with E-state index in [9.17, 15) is 4.79 Å². The molecule has 1 atom stereocenters. The van der Waals surface area contributed by atoms with E-state index >= 15 is 0 Å². The third-order valence-corrected chi connectivity index (χ3v) is 4.70. The first-order valence-electron chi connectivity index (χ1n) is 8.03. The molecule has 1 aliphatic rings. The molecule has 4 nitrogen and oxygen atoms in total. The van der Waals surface area contributed by atoms with Crippen LogP contribution in [0.2, 0.25) is 0 Å². The Balaban J connectivity index is 1.83. The largest absolute Gasteiger partial charge is 0.345 e. The van der Waals surface area contributed by atoms with Crippen LogP contribution in [0.1, 0.15) is 36.7 Å². The molecule has 1 saturated heterocycles. The lowest BCUT2D eigenvalue weighted by Crippen LogP contribution is -2.34. The highest BCUT2D eigenvalue weighted by molar-refractivity contribution is 5.98. The van der Waals surface area contributed by atoms with Crippen LogP contribution in [0, 0.1) is 0 Å². The molecule has 0 radical (unpaired) electrons. The fourth-order valence-electron chi connectivity index (χ4n) is 3.28. The van der Waals surface area contributed by atoms with Gasteiger partial charge in [-0.2, -0.15) is 0 Å². The zero-order valence-corrected chi connectivity index (χ0v) is 13.9. The predicted octanol–water partition coefficient (Wildman–Crippen LogP) is 3.00. The summed E-state index contributed by atoms with van der Waals surface area (Å²) in [5.74, 6) is 0.156. The molecule has 2 aromatic rings. The monoisotopic (exact) mass is 299 g/mol. The zero-order valence-electron chi connectivity index (χ0n) is 13.9. The average Bonchev–Trinajstić information content (AvgIpc) is 3.12. The molecule has 0 N–H and O–H groups in total. The molecular formula is C18H25N3O. The number of hydrogen-bond donors (Lipinski definition) is 0. The summed E-state index contributed by atoms with van der Waals surface area (Å²) in [7, 11) is 4.17. The van der Waals surface area contributed by atoms with E-state index in [4.69, 9.17) is 0 Å². The molecule has 0 bridgehead atoms. The maximum Gasteiger partial charge on any atom is 0.253 e. The van der Waals surface area contributed by atoms with Crippen molar-refractivity contribution in [3.8, 4) is 0 Å². The minimum atomic E-state index is 0.156. The van der Waals surface area contributed by atoms with Crippen molar-refractivity contribution in [1.82, 2.24) is 14.4 Å². The Hall–Kier alpha value is -1.81. The summed E-state index contributed by atoms with van der Waals surface area (Å²) in [6, 6.07) is 9.07. The number of aromatic nitrogens is 1. The van der Waals surface area contributed by atoms with Crippen LogP contribution in [0.3, 0.4) is 0 Å². The van der Waals surface area contributed by atoms with E-state index in [1.54, 1.807) is 0 Å². The van der Waals surface area contributed by atoms with E-state index in [2.05, 4.69) is 55.7 Å². The number of benzene rings is 1. The fourth-order valence-corrected chi connectivity index (χ4v) is 3.28. The molecule has 22 heavy (non-hydrogen) atoms. The number of rotatable bonds is 3. The molecule has 1 amide bonds. The first kappa shape index (κ1) is 15.1. The van der Waals surface area contributed by atoms with Gasteiger partial charge in [-0.1, -0.05) is 0 Å². The van der Waals surface area contributed by atoms with Crippen LogP contribution in [0.4, 0.5) is 0 Å². The normalized spacial score (nSPS) is 18.8. The Bertz CT molecular complexity index is 687. The number of amides is 1. The maximum absolute atomic E-state index is 12.7. The number of hydrogen-bond acceptors (Lipinski definition) is 2. The molecule has 1 aromatic heterocycles. The van der Waals surface area contributed by atoms with Gasteiger partial charge in [-0.15, -0.1) is 0 Å². The topological polar surface area (TPSA) is 28.5 Å². The van der Waals surface area contributed by atoms with Gasteiger partial charge in [0.25, 0.3) is 5.91 Å². The lowest BCUT2D eigenvalue weighted by Gasteiger charge is -2.20. The van der Waals surface area contributed by atoms with Crippen LogP contribution in [-0.2, 0) is 0 Å². The van der Waals surface area contributed by atoms with Crippen molar-refractivity contribution in [1.29, 1.82) is 0 Å². The highest BCUT2D eigenvalue weighted by Crippen LogP contribution is 2.23. The van der Waals surface area contributed by atoms with Gasteiger partial charge in [-0.05, 0) is 58.6 Å². The second-order valence-corrected chi connectivity index (χ2v) is 6.75. The summed E-state index contributed by atoms with van der Waals surface area (Å²) >= 11 is 0. The molecule has 1 aromatic carbocycles. The summed E-state index contributed by atoms with van der Waals surface area (Å²) in [6.07, 6.45) is 3.16. The lowest BCUT2D eigenvalue weighted by molar-refractivity contribution is 0.0783. The molecular weight excluding hydrogens is 274 g/mol. The highest BCUT2D eigenvalue weighted by atomic mass is 16.2. The van der Waals surface area contributed by atoms with Crippen LogP contribution in [0.25, 0.3) is 10.9 Å². The number of likely N-dealkylation sites (tertiary alicyclic amines) is 1. The fraction of sp³-hybridized carbons (Fsp3) is 0.500. The van der Waals surface area contributed by atoms with Crippen LogP contribution >= 0.6 is 0 Å². The number of nitrogens with zero attached hydrogens (tertiary/aromatic N) is 3. The van der Waals surface area contributed by atoms with Gasteiger partial charge < -0.3 is 14.4 Å². The van der Waals surface area contributed by atoms with E-state index in [-0.39, 0.29) is 5.91 Å². The Labute approximate surface area is 132 Å². The standard InChI is InChI=1S/C18H25N3O/c1-13(2)21-10-7-14-11-15(5-6-17(14)21)18(22)20-9-8-16(12-20)19(3)4/h5-7,10-11,13,16H,8-9,12H2,1-4H3. The van der Waals surface area contributed by atoms with Gasteiger partial charge in [0, 0.05) is 47.8 Å². The van der Waals surface area contributed by atoms with Crippen molar-refractivity contribution in [2.24, 2.45) is 0 Å². The van der Waals surface area contributed by atoms with Gasteiger partial charge >= 0.3 is 0 Å². The lowest BCUT2D eigenvalue weighted by atomic mass is 10.1. The molecule has 118 valence electrons. The van der Waals surface area contributed by atoms with E-state index in [0.717, 1.165) is 30.5 Å². The van der Waals surface area contributed by atoms with E-state index in [1.165, 1.54) is 5.52 Å². The minimum absolute atomic E-state index is 0.156. The van der Waals surface area contributed by atoms with Crippen molar-refractivity contribution >= 4 is 16.8 Å². The first-order valence-corrected chi connectivity index (χ1v) is 8.03. The number of fused-ring (bicyclic) bond motifs is 1. The van der Waals surface area contributed by atoms with Crippen molar-refractivity contribution in [3.05, 3.63) is 36.0 Å². The summed E-state index contributed by atoms with van der Waals surface area (Å²) in [6.45, 7) is 6.03. The van der Waals surface area contributed by atoms with E-state index in [1.807, 2.05) is 17.0 Å². The maximum atomic E-state index is 12.7. The van der Waals surface area contributed by atoms with Gasteiger partial charge in [-0.25, -0.2) is 0 Å². The van der Waals surface area contributed by atoms with Crippen molar-refractivity contribution in [2.45, 2.75) is 32.4 Å². The van der Waals surface area contributed by atoms with Crippen LogP contribution < -0.4 is 0 Å². The molecule has 0 saturated carbocycles. The summed E-state index contributed by atoms with van der Waals surface area (Å²) in [4.78, 5) is 16.9. The molecule has 2 heterocycles. The summed E-state index contributed by atoms with van der Waals surface area (Å²) in [5, 5.41) is 1.14. The third kappa shape index (κ3) is 2.63. The molecule has 0 aliphatic carbocycles. The zero-order chi connectivity index (χ0) is 15.9. The molecule has 1 aliphatic heterocycles. The molecule has 1 unspecified atom stereocenters. The van der Waals surface area contributed by atoms with E-state index in [0.29, 0.717) is 12.1 Å². The Morgan fingerprint density at radius 2 is 2.05 bits per heavy atom. The predicted molar refractivity (Wildman–Crippen MR) is 90.3 cm³/mol. The van der Waals surface area contributed by atoms with Gasteiger partial charge in [0.2, 0.25) is 0 Å². The highest BCUT2D eigenvalue weighted by Gasteiger charge is 2.28. The molecule has 0 spiro atoms. The van der Waals surface area contributed by atoms with Crippen molar-refractivity contribution in [3.63, 3.8) is 0 Å². The summed E-state index contributed by atoms with van der Waals surface area (Å²) in [5.41, 5.74) is 1.99. The number of carbonyl (C=O) groups is 1. The Morgan fingerprint density at radius 3 is 2.68 bits per heavy atom. The SMILES string of the molecule is CC(C)n1ccc2cc(C(=O)N3CCC(N(C)C)C3)ccc21. The average molecular weight is 299 g/mol. The first-order chi connectivity index (χ1) is 10.5. The second-order valence-electron chi connectivity index (χ2n) is 6.75. The van der Waals surface area contributed by atoms with E-state index < -0.39 is 0 Å². The minimum Gasteiger partial charge on any atom is -0.345 e. The Morgan fingerprint density at radius 1 is 1.27 bits per heavy atom. The van der Waals surface area contributed by atoms with Gasteiger partial charge in [0.1, 0.15) is 0 Å².